The van der Waals surface area contributed by atoms with Gasteiger partial charge in [-0.2, -0.15) is 0 Å². The Balaban J connectivity index is 1.55. The first-order valence-corrected chi connectivity index (χ1v) is 9.19. The van der Waals surface area contributed by atoms with Crippen LogP contribution in [0.3, 0.4) is 0 Å². The van der Waals surface area contributed by atoms with Gasteiger partial charge in [-0.25, -0.2) is 0 Å². The second-order valence-corrected chi connectivity index (χ2v) is 7.22. The van der Waals surface area contributed by atoms with E-state index in [0.29, 0.717) is 19.0 Å². The van der Waals surface area contributed by atoms with E-state index in [0.717, 1.165) is 38.0 Å². The number of hydrogen-bond acceptors (Lipinski definition) is 4. The van der Waals surface area contributed by atoms with Gasteiger partial charge < -0.3 is 20.0 Å². The van der Waals surface area contributed by atoms with Gasteiger partial charge in [0.05, 0.1) is 6.10 Å². The third kappa shape index (κ3) is 4.91. The minimum absolute atomic E-state index is 0.0128. The molecule has 5 nitrogen and oxygen atoms in total. The van der Waals surface area contributed by atoms with E-state index < -0.39 is 0 Å². The van der Waals surface area contributed by atoms with Gasteiger partial charge >= 0.3 is 0 Å². The molecule has 136 valence electrons. The molecule has 0 spiro atoms. The Kier molecular flexibility index (Phi) is 6.24. The SMILES string of the molecule is O=C(C=Cc1ccccc1)N1CC(CO)C(CN2CCC(O)CC2)C1. The lowest BCUT2D eigenvalue weighted by Gasteiger charge is -2.32. The van der Waals surface area contributed by atoms with Crippen molar-refractivity contribution in [2.75, 3.05) is 39.3 Å². The van der Waals surface area contributed by atoms with Crippen LogP contribution in [0.5, 0.6) is 0 Å². The molecular formula is C20H28N2O3. The molecule has 5 heteroatoms. The lowest BCUT2D eigenvalue weighted by molar-refractivity contribution is -0.125. The van der Waals surface area contributed by atoms with Crippen LogP contribution in [0, 0.1) is 11.8 Å². The van der Waals surface area contributed by atoms with E-state index in [1.165, 1.54) is 0 Å². The fourth-order valence-corrected chi connectivity index (χ4v) is 3.80. The molecule has 2 atom stereocenters. The molecule has 0 bridgehead atoms. The van der Waals surface area contributed by atoms with Gasteiger partial charge in [0.25, 0.3) is 0 Å². The Morgan fingerprint density at radius 3 is 2.48 bits per heavy atom. The fourth-order valence-electron chi connectivity index (χ4n) is 3.80. The maximum absolute atomic E-state index is 12.5. The Labute approximate surface area is 149 Å². The molecule has 2 aliphatic rings. The molecule has 0 radical (unpaired) electrons. The fraction of sp³-hybridized carbons (Fsp3) is 0.550. The van der Waals surface area contributed by atoms with Gasteiger partial charge in [0.1, 0.15) is 0 Å². The average molecular weight is 344 g/mol. The number of hydrogen-bond donors (Lipinski definition) is 2. The molecule has 2 N–H and O–H groups in total. The lowest BCUT2D eigenvalue weighted by atomic mass is 9.95. The van der Waals surface area contributed by atoms with Crippen molar-refractivity contribution in [3.63, 3.8) is 0 Å². The molecule has 25 heavy (non-hydrogen) atoms. The highest BCUT2D eigenvalue weighted by Gasteiger charge is 2.35. The normalized spacial score (nSPS) is 25.8. The van der Waals surface area contributed by atoms with Crippen LogP contribution in [0.4, 0.5) is 0 Å². The monoisotopic (exact) mass is 344 g/mol. The third-order valence-electron chi connectivity index (χ3n) is 5.39. The standard InChI is InChI=1S/C20H28N2O3/c23-15-18-14-22(20(25)7-6-16-4-2-1-3-5-16)13-17(18)12-21-10-8-19(24)9-11-21/h1-7,17-19,23-24H,8-15H2. The average Bonchev–Trinajstić information content (AvgIpc) is 3.05. The molecule has 2 aliphatic heterocycles. The van der Waals surface area contributed by atoms with E-state index in [1.807, 2.05) is 41.3 Å². The smallest absolute Gasteiger partial charge is 0.246 e. The van der Waals surface area contributed by atoms with Crippen molar-refractivity contribution >= 4 is 12.0 Å². The zero-order valence-electron chi connectivity index (χ0n) is 14.6. The van der Waals surface area contributed by atoms with Crippen LogP contribution in [-0.2, 0) is 4.79 Å². The molecule has 0 aromatic heterocycles. The molecule has 2 unspecified atom stereocenters. The van der Waals surface area contributed by atoms with Crippen molar-refractivity contribution in [3.8, 4) is 0 Å². The highest BCUT2D eigenvalue weighted by molar-refractivity contribution is 5.92. The van der Waals surface area contributed by atoms with Crippen LogP contribution in [0.25, 0.3) is 6.08 Å². The number of rotatable bonds is 5. The predicted molar refractivity (Wildman–Crippen MR) is 97.8 cm³/mol. The van der Waals surface area contributed by atoms with E-state index in [-0.39, 0.29) is 24.5 Å². The molecule has 1 aromatic carbocycles. The van der Waals surface area contributed by atoms with E-state index in [2.05, 4.69) is 4.90 Å². The Morgan fingerprint density at radius 2 is 1.80 bits per heavy atom. The van der Waals surface area contributed by atoms with Gasteiger partial charge in [0.2, 0.25) is 5.91 Å². The van der Waals surface area contributed by atoms with Crippen LogP contribution >= 0.6 is 0 Å². The van der Waals surface area contributed by atoms with Crippen molar-refractivity contribution in [1.82, 2.24) is 9.80 Å². The summed E-state index contributed by atoms with van der Waals surface area (Å²) in [6.45, 7) is 4.13. The van der Waals surface area contributed by atoms with Crippen LogP contribution in [0.2, 0.25) is 0 Å². The third-order valence-corrected chi connectivity index (χ3v) is 5.39. The number of aliphatic hydroxyl groups excluding tert-OH is 2. The quantitative estimate of drug-likeness (QED) is 0.789. The molecule has 1 amide bonds. The first-order valence-electron chi connectivity index (χ1n) is 9.19. The number of aliphatic hydroxyl groups is 2. The largest absolute Gasteiger partial charge is 0.396 e. The van der Waals surface area contributed by atoms with Crippen molar-refractivity contribution in [3.05, 3.63) is 42.0 Å². The zero-order chi connectivity index (χ0) is 17.6. The van der Waals surface area contributed by atoms with Gasteiger partial charge in [0, 0.05) is 51.3 Å². The van der Waals surface area contributed by atoms with Gasteiger partial charge in [-0.05, 0) is 30.4 Å². The van der Waals surface area contributed by atoms with Crippen LogP contribution < -0.4 is 0 Å². The van der Waals surface area contributed by atoms with E-state index >= 15 is 0 Å². The summed E-state index contributed by atoms with van der Waals surface area (Å²) in [5, 5.41) is 19.3. The zero-order valence-corrected chi connectivity index (χ0v) is 14.6. The molecule has 3 rings (SSSR count). The van der Waals surface area contributed by atoms with Crippen molar-refractivity contribution in [2.24, 2.45) is 11.8 Å². The number of nitrogens with zero attached hydrogens (tertiary/aromatic N) is 2. The van der Waals surface area contributed by atoms with Crippen molar-refractivity contribution < 1.29 is 15.0 Å². The summed E-state index contributed by atoms with van der Waals surface area (Å²) in [6, 6.07) is 9.80. The lowest BCUT2D eigenvalue weighted by Crippen LogP contribution is -2.40. The summed E-state index contributed by atoms with van der Waals surface area (Å²) in [5.41, 5.74) is 1.01. The molecule has 2 saturated heterocycles. The van der Waals surface area contributed by atoms with Gasteiger partial charge in [0.15, 0.2) is 0 Å². The van der Waals surface area contributed by atoms with Gasteiger partial charge in [-0.3, -0.25) is 4.79 Å². The van der Waals surface area contributed by atoms with E-state index in [1.54, 1.807) is 6.08 Å². The highest BCUT2D eigenvalue weighted by atomic mass is 16.3. The Bertz CT molecular complexity index is 582. The maximum Gasteiger partial charge on any atom is 0.246 e. The van der Waals surface area contributed by atoms with Crippen LogP contribution in [-0.4, -0.2) is 71.4 Å². The number of benzene rings is 1. The Morgan fingerprint density at radius 1 is 1.12 bits per heavy atom. The second kappa shape index (κ2) is 8.61. The van der Waals surface area contributed by atoms with Crippen molar-refractivity contribution in [1.29, 1.82) is 0 Å². The Hall–Kier alpha value is -1.69. The maximum atomic E-state index is 12.5. The first-order chi connectivity index (χ1) is 12.2. The van der Waals surface area contributed by atoms with Crippen LogP contribution in [0.15, 0.2) is 36.4 Å². The summed E-state index contributed by atoms with van der Waals surface area (Å²) < 4.78 is 0. The minimum atomic E-state index is -0.172. The number of amides is 1. The first kappa shape index (κ1) is 18.1. The summed E-state index contributed by atoms with van der Waals surface area (Å²) in [5.74, 6) is 0.453. The second-order valence-electron chi connectivity index (χ2n) is 7.22. The molecule has 1 aromatic rings. The van der Waals surface area contributed by atoms with Crippen LogP contribution in [0.1, 0.15) is 18.4 Å². The van der Waals surface area contributed by atoms with E-state index in [4.69, 9.17) is 0 Å². The van der Waals surface area contributed by atoms with E-state index in [9.17, 15) is 15.0 Å². The topological polar surface area (TPSA) is 64.0 Å². The van der Waals surface area contributed by atoms with Crippen molar-refractivity contribution in [2.45, 2.75) is 18.9 Å². The molecule has 0 saturated carbocycles. The summed E-state index contributed by atoms with van der Waals surface area (Å²) >= 11 is 0. The summed E-state index contributed by atoms with van der Waals surface area (Å²) in [6.07, 6.45) is 4.94. The summed E-state index contributed by atoms with van der Waals surface area (Å²) in [7, 11) is 0. The molecular weight excluding hydrogens is 316 g/mol. The minimum Gasteiger partial charge on any atom is -0.396 e. The van der Waals surface area contributed by atoms with Gasteiger partial charge in [-0.1, -0.05) is 30.3 Å². The molecule has 2 heterocycles. The number of likely N-dealkylation sites (tertiary alicyclic amines) is 2. The van der Waals surface area contributed by atoms with Gasteiger partial charge in [-0.15, -0.1) is 0 Å². The number of carbonyl (C=O) groups is 1. The molecule has 2 fully saturated rings. The molecule has 0 aliphatic carbocycles. The highest BCUT2D eigenvalue weighted by Crippen LogP contribution is 2.25. The number of carbonyl (C=O) groups excluding carboxylic acids is 1. The number of piperidine rings is 1. The predicted octanol–water partition coefficient (Wildman–Crippen LogP) is 1.22. The summed E-state index contributed by atoms with van der Waals surface area (Å²) in [4.78, 5) is 16.7.